The maximum Gasteiger partial charge on any atom is 0.0707 e. The highest BCUT2D eigenvalue weighted by atomic mass is 15.1. The quantitative estimate of drug-likeness (QED) is 0.114. The first-order valence-electron chi connectivity index (χ1n) is 20.9. The minimum Gasteiger partial charge on any atom is -0.330 e. The maximum absolute atomic E-state index is 6.15. The molecule has 2 aliphatic carbocycles. The highest BCUT2D eigenvalue weighted by Gasteiger charge is 2.23. The van der Waals surface area contributed by atoms with Crippen LogP contribution in [0.3, 0.4) is 0 Å². The highest BCUT2D eigenvalue weighted by Crippen LogP contribution is 2.39. The predicted octanol–water partition coefficient (Wildman–Crippen LogP) is 15.0. The Bertz CT molecular complexity index is 2180. The molecule has 1 unspecified atom stereocenters. The number of aliphatic imine (C=N–C) groups is 1. The SMILES string of the molecule is C/C=C\C(=C/C=Nc1cccc2ccccc12)C1=CCCC=C1.CC(C)(C)CC(CN)c1ccc(N(C2=CCCc3ccccc32)c2ccccc2)cc1.CCC. The van der Waals surface area contributed by atoms with Gasteiger partial charge >= 0.3 is 0 Å². The minimum atomic E-state index is 0.259. The largest absolute Gasteiger partial charge is 0.330 e. The van der Waals surface area contributed by atoms with Gasteiger partial charge in [-0.1, -0.05) is 168 Å². The molecule has 0 fully saturated rings. The van der Waals surface area contributed by atoms with Gasteiger partial charge in [-0.05, 0) is 121 Å². The van der Waals surface area contributed by atoms with Crippen LogP contribution in [0, 0.1) is 5.41 Å². The number of anilines is 2. The van der Waals surface area contributed by atoms with E-state index in [1.165, 1.54) is 62.1 Å². The van der Waals surface area contributed by atoms with Crippen molar-refractivity contribution in [3.63, 3.8) is 0 Å². The molecular weight excluding hydrogens is 691 g/mol. The van der Waals surface area contributed by atoms with Gasteiger partial charge in [0.1, 0.15) is 0 Å². The molecule has 0 amide bonds. The van der Waals surface area contributed by atoms with E-state index in [0.29, 0.717) is 12.5 Å². The molecule has 3 nitrogen and oxygen atoms in total. The molecule has 57 heavy (non-hydrogen) atoms. The molecule has 1 atom stereocenters. The van der Waals surface area contributed by atoms with Crippen molar-refractivity contribution >= 4 is 39.7 Å². The fourth-order valence-corrected chi connectivity index (χ4v) is 7.42. The number of allylic oxidation sites excluding steroid dienone is 9. The third-order valence-electron chi connectivity index (χ3n) is 9.97. The second-order valence-electron chi connectivity index (χ2n) is 16.0. The Morgan fingerprint density at radius 3 is 2.16 bits per heavy atom. The van der Waals surface area contributed by atoms with Crippen LogP contribution in [-0.2, 0) is 6.42 Å². The lowest BCUT2D eigenvalue weighted by molar-refractivity contribution is 0.342. The molecular formula is C54H63N3. The van der Waals surface area contributed by atoms with E-state index in [9.17, 15) is 0 Å². The van der Waals surface area contributed by atoms with E-state index in [1.54, 1.807) is 0 Å². The lowest BCUT2D eigenvalue weighted by Gasteiger charge is -2.32. The van der Waals surface area contributed by atoms with Crippen LogP contribution in [0.25, 0.3) is 16.5 Å². The zero-order valence-corrected chi connectivity index (χ0v) is 35.2. The molecule has 0 radical (unpaired) electrons. The number of fused-ring (bicyclic) bond motifs is 2. The molecule has 0 aliphatic heterocycles. The van der Waals surface area contributed by atoms with E-state index in [2.05, 4.69) is 208 Å². The van der Waals surface area contributed by atoms with Gasteiger partial charge in [0.15, 0.2) is 0 Å². The summed E-state index contributed by atoms with van der Waals surface area (Å²) in [5.74, 6) is 0.383. The maximum atomic E-state index is 6.15. The van der Waals surface area contributed by atoms with E-state index in [4.69, 9.17) is 5.73 Å². The third-order valence-corrected chi connectivity index (χ3v) is 9.97. The molecule has 0 saturated carbocycles. The van der Waals surface area contributed by atoms with Gasteiger partial charge in [0.2, 0.25) is 0 Å². The van der Waals surface area contributed by atoms with E-state index >= 15 is 0 Å². The summed E-state index contributed by atoms with van der Waals surface area (Å²) in [5.41, 5.74) is 17.6. The van der Waals surface area contributed by atoms with Gasteiger partial charge in [-0.15, -0.1) is 0 Å². The molecule has 5 aromatic carbocycles. The molecule has 0 bridgehead atoms. The second kappa shape index (κ2) is 21.7. The molecule has 0 spiro atoms. The molecule has 2 aliphatic rings. The molecule has 294 valence electrons. The molecule has 3 heteroatoms. The van der Waals surface area contributed by atoms with Crippen molar-refractivity contribution < 1.29 is 0 Å². The van der Waals surface area contributed by atoms with Gasteiger partial charge in [0.25, 0.3) is 0 Å². The lowest BCUT2D eigenvalue weighted by Crippen LogP contribution is -2.20. The summed E-state index contributed by atoms with van der Waals surface area (Å²) in [5, 5.41) is 2.40. The van der Waals surface area contributed by atoms with Crippen molar-refractivity contribution in [3.8, 4) is 0 Å². The second-order valence-corrected chi connectivity index (χ2v) is 16.0. The van der Waals surface area contributed by atoms with Gasteiger partial charge in [-0.25, -0.2) is 0 Å². The summed E-state index contributed by atoms with van der Waals surface area (Å²) < 4.78 is 0. The highest BCUT2D eigenvalue weighted by molar-refractivity contribution is 5.94. The Morgan fingerprint density at radius 1 is 0.772 bits per heavy atom. The number of para-hydroxylation sites is 1. The summed E-state index contributed by atoms with van der Waals surface area (Å²) in [4.78, 5) is 7.06. The van der Waals surface area contributed by atoms with Gasteiger partial charge < -0.3 is 10.6 Å². The van der Waals surface area contributed by atoms with Crippen LogP contribution in [0.1, 0.15) is 96.3 Å². The van der Waals surface area contributed by atoms with Crippen molar-refractivity contribution in [3.05, 3.63) is 192 Å². The smallest absolute Gasteiger partial charge is 0.0707 e. The first kappa shape index (κ1) is 42.6. The number of rotatable bonds is 10. The molecule has 0 saturated heterocycles. The Hall–Kier alpha value is -5.51. The van der Waals surface area contributed by atoms with Crippen LogP contribution >= 0.6 is 0 Å². The molecule has 7 rings (SSSR count). The Labute approximate surface area is 343 Å². The summed E-state index contributed by atoms with van der Waals surface area (Å²) >= 11 is 0. The molecule has 2 N–H and O–H groups in total. The average molecular weight is 754 g/mol. The van der Waals surface area contributed by atoms with Crippen molar-refractivity contribution in [2.45, 2.75) is 86.0 Å². The summed E-state index contributed by atoms with van der Waals surface area (Å²) in [7, 11) is 0. The molecule has 0 heterocycles. The van der Waals surface area contributed by atoms with Crippen LogP contribution in [-0.4, -0.2) is 12.8 Å². The Morgan fingerprint density at radius 2 is 1.46 bits per heavy atom. The number of hydrogen-bond acceptors (Lipinski definition) is 3. The normalized spacial score (nSPS) is 14.5. The topological polar surface area (TPSA) is 41.6 Å². The number of aryl methyl sites for hydroxylation is 1. The van der Waals surface area contributed by atoms with Crippen molar-refractivity contribution in [1.82, 2.24) is 0 Å². The van der Waals surface area contributed by atoms with Gasteiger partial charge in [-0.2, -0.15) is 0 Å². The Kier molecular flexibility index (Phi) is 16.2. The van der Waals surface area contributed by atoms with E-state index in [1.807, 2.05) is 13.1 Å². The van der Waals surface area contributed by atoms with Gasteiger partial charge in [0, 0.05) is 34.2 Å². The fourth-order valence-electron chi connectivity index (χ4n) is 7.42. The zero-order valence-electron chi connectivity index (χ0n) is 35.2. The predicted molar refractivity (Wildman–Crippen MR) is 251 cm³/mol. The van der Waals surface area contributed by atoms with Crippen LogP contribution < -0.4 is 10.6 Å². The summed E-state index contributed by atoms with van der Waals surface area (Å²) in [6.07, 6.45) is 24.0. The van der Waals surface area contributed by atoms with E-state index < -0.39 is 0 Å². The van der Waals surface area contributed by atoms with Crippen molar-refractivity contribution in [2.24, 2.45) is 16.1 Å². The van der Waals surface area contributed by atoms with Crippen LogP contribution in [0.5, 0.6) is 0 Å². The lowest BCUT2D eigenvalue weighted by atomic mass is 9.81. The minimum absolute atomic E-state index is 0.259. The number of nitrogens with two attached hydrogens (primary N) is 1. The fraction of sp³-hybridized carbons (Fsp3) is 0.278. The average Bonchev–Trinajstić information content (AvgIpc) is 3.24. The monoisotopic (exact) mass is 754 g/mol. The number of hydrogen-bond donors (Lipinski definition) is 1. The van der Waals surface area contributed by atoms with Crippen LogP contribution in [0.15, 0.2) is 180 Å². The van der Waals surface area contributed by atoms with Crippen LogP contribution in [0.4, 0.5) is 17.1 Å². The van der Waals surface area contributed by atoms with Gasteiger partial charge in [0.05, 0.1) is 5.69 Å². The zero-order chi connectivity index (χ0) is 40.5. The van der Waals surface area contributed by atoms with Crippen LogP contribution in [0.2, 0.25) is 0 Å². The van der Waals surface area contributed by atoms with Crippen molar-refractivity contribution in [2.75, 3.05) is 11.4 Å². The van der Waals surface area contributed by atoms with Gasteiger partial charge in [-0.3, -0.25) is 4.99 Å². The third kappa shape index (κ3) is 12.2. The molecule has 0 aromatic heterocycles. The standard InChI is InChI=1S/C29H34N2.C22H21N.C3H8/c1-29(2,3)20-24(21-30)22-16-18-26(19-17-22)31(25-12-5-4-6-13-25)28-15-9-11-23-10-7-8-14-27(23)28;1-2-9-18(19-10-4-3-5-11-19)16-17-23-22-15-8-13-20-12-6-7-14-21(20)22;1-3-2/h4-8,10,12-19,24H,9,11,20-21,30H2,1-3H3;2,4,6-17H,3,5H2,1H3;3H2,1-2H3/b;9-2-,18-16+,23-17?;. The van der Waals surface area contributed by atoms with E-state index in [0.717, 1.165) is 37.8 Å². The number of benzene rings is 5. The first-order valence-corrected chi connectivity index (χ1v) is 20.9. The Balaban J connectivity index is 0.000000211. The summed E-state index contributed by atoms with van der Waals surface area (Å²) in [6, 6.07) is 43.1. The first-order chi connectivity index (χ1) is 27.8. The molecule has 5 aromatic rings. The number of nitrogens with zero attached hydrogens (tertiary/aromatic N) is 2. The van der Waals surface area contributed by atoms with E-state index in [-0.39, 0.29) is 5.41 Å². The summed E-state index contributed by atoms with van der Waals surface area (Å²) in [6.45, 7) is 13.8. The van der Waals surface area contributed by atoms with Crippen molar-refractivity contribution in [1.29, 1.82) is 0 Å².